The van der Waals surface area contributed by atoms with E-state index in [9.17, 15) is 0 Å². The van der Waals surface area contributed by atoms with Crippen LogP contribution in [-0.2, 0) is 0 Å². The molecule has 0 amide bonds. The zero-order chi connectivity index (χ0) is 15.6. The topological polar surface area (TPSA) is 71.2 Å². The van der Waals surface area contributed by atoms with E-state index in [1.165, 1.54) is 0 Å². The molecule has 2 bridgehead atoms. The molecule has 0 spiro atoms. The van der Waals surface area contributed by atoms with Crippen molar-refractivity contribution in [3.8, 4) is 0 Å². The monoisotopic (exact) mass is 329 g/mol. The highest BCUT2D eigenvalue weighted by Gasteiger charge is 2.39. The van der Waals surface area contributed by atoms with Crippen molar-refractivity contribution in [2.75, 3.05) is 18.0 Å². The number of rotatable bonds is 1. The van der Waals surface area contributed by atoms with Crippen molar-refractivity contribution in [3.05, 3.63) is 23.6 Å². The Kier molecular flexibility index (Phi) is 2.78. The molecular formula is C15H16ClN7. The lowest BCUT2D eigenvalue weighted by molar-refractivity contribution is 0.374. The van der Waals surface area contributed by atoms with Gasteiger partial charge in [0.1, 0.15) is 6.33 Å². The molecule has 2 saturated heterocycles. The average Bonchev–Trinajstić information content (AvgIpc) is 3.19. The number of halogens is 1. The number of fused-ring (bicyclic) bond motifs is 5. The number of nitrogens with one attached hydrogen (secondary N) is 1. The molecule has 23 heavy (non-hydrogen) atoms. The van der Waals surface area contributed by atoms with Crippen LogP contribution in [0.1, 0.15) is 13.3 Å². The van der Waals surface area contributed by atoms with Crippen LogP contribution in [0.4, 0.5) is 5.82 Å². The van der Waals surface area contributed by atoms with Crippen LogP contribution in [-0.4, -0.2) is 49.7 Å². The van der Waals surface area contributed by atoms with E-state index in [1.54, 1.807) is 12.5 Å². The van der Waals surface area contributed by atoms with Gasteiger partial charge in [-0.1, -0.05) is 18.5 Å². The first-order valence-electron chi connectivity index (χ1n) is 7.86. The highest BCUT2D eigenvalue weighted by atomic mass is 35.5. The maximum absolute atomic E-state index is 6.08. The van der Waals surface area contributed by atoms with Crippen LogP contribution in [0, 0.1) is 5.92 Å². The van der Waals surface area contributed by atoms with Crippen LogP contribution in [0.2, 0.25) is 5.02 Å². The molecule has 0 aliphatic carbocycles. The summed E-state index contributed by atoms with van der Waals surface area (Å²) in [7, 11) is 0. The van der Waals surface area contributed by atoms with Gasteiger partial charge in [-0.15, -0.1) is 10.2 Å². The molecule has 1 N–H and O–H groups in total. The van der Waals surface area contributed by atoms with Gasteiger partial charge in [0, 0.05) is 31.4 Å². The van der Waals surface area contributed by atoms with Crippen molar-refractivity contribution in [1.82, 2.24) is 29.9 Å². The highest BCUT2D eigenvalue weighted by Crippen LogP contribution is 2.33. The normalized spacial score (nSPS) is 27.2. The van der Waals surface area contributed by atoms with Crippen LogP contribution < -0.4 is 10.2 Å². The number of anilines is 1. The molecule has 8 heteroatoms. The van der Waals surface area contributed by atoms with E-state index in [0.717, 1.165) is 36.5 Å². The number of nitrogens with zero attached hydrogens (tertiary/aromatic N) is 6. The molecule has 0 radical (unpaired) electrons. The van der Waals surface area contributed by atoms with Crippen LogP contribution in [0.3, 0.4) is 0 Å². The van der Waals surface area contributed by atoms with E-state index < -0.39 is 0 Å². The van der Waals surface area contributed by atoms with Gasteiger partial charge in [-0.25, -0.2) is 9.97 Å². The minimum Gasteiger partial charge on any atom is -0.349 e. The molecule has 0 aromatic carbocycles. The van der Waals surface area contributed by atoms with Gasteiger partial charge < -0.3 is 10.2 Å². The molecule has 0 saturated carbocycles. The standard InChI is InChI=1S/C15H16ClN7/c1-8-6-22(10-3-11(8)17-5-10)14-15-21-19-7-23(15)12-2-9(16)4-18-13(12)20-14/h2,4,7-8,10-11,17H,3,5-6H2,1H3. The number of piperidine rings is 1. The third kappa shape index (κ3) is 1.93. The fourth-order valence-electron chi connectivity index (χ4n) is 3.86. The predicted molar refractivity (Wildman–Crippen MR) is 87.8 cm³/mol. The summed E-state index contributed by atoms with van der Waals surface area (Å²) in [6, 6.07) is 2.92. The molecule has 5 heterocycles. The second-order valence-electron chi connectivity index (χ2n) is 6.49. The summed E-state index contributed by atoms with van der Waals surface area (Å²) in [5.41, 5.74) is 2.25. The van der Waals surface area contributed by atoms with Crippen LogP contribution in [0.15, 0.2) is 18.6 Å². The fourth-order valence-corrected chi connectivity index (χ4v) is 4.01. The Hall–Kier alpha value is -1.99. The summed E-state index contributed by atoms with van der Waals surface area (Å²) in [5, 5.41) is 12.6. The number of hydrogen-bond donors (Lipinski definition) is 1. The van der Waals surface area contributed by atoms with E-state index in [0.29, 0.717) is 28.7 Å². The zero-order valence-electron chi connectivity index (χ0n) is 12.6. The van der Waals surface area contributed by atoms with Gasteiger partial charge in [-0.3, -0.25) is 4.40 Å². The molecular weight excluding hydrogens is 314 g/mol. The van der Waals surface area contributed by atoms with Crippen molar-refractivity contribution in [3.63, 3.8) is 0 Å². The quantitative estimate of drug-likeness (QED) is 0.729. The first-order valence-corrected chi connectivity index (χ1v) is 8.23. The highest BCUT2D eigenvalue weighted by molar-refractivity contribution is 6.31. The molecule has 5 rings (SSSR count). The molecule has 3 aromatic rings. The lowest BCUT2D eigenvalue weighted by Crippen LogP contribution is -2.45. The van der Waals surface area contributed by atoms with Crippen molar-refractivity contribution in [2.24, 2.45) is 5.92 Å². The minimum absolute atomic E-state index is 0.453. The van der Waals surface area contributed by atoms with Crippen LogP contribution in [0.5, 0.6) is 0 Å². The van der Waals surface area contributed by atoms with Gasteiger partial charge in [0.15, 0.2) is 11.5 Å². The van der Waals surface area contributed by atoms with Gasteiger partial charge >= 0.3 is 0 Å². The van der Waals surface area contributed by atoms with Gasteiger partial charge in [-0.2, -0.15) is 0 Å². The van der Waals surface area contributed by atoms with Gasteiger partial charge in [0.2, 0.25) is 5.65 Å². The third-order valence-electron chi connectivity index (χ3n) is 5.06. The van der Waals surface area contributed by atoms with Crippen molar-refractivity contribution in [1.29, 1.82) is 0 Å². The summed E-state index contributed by atoms with van der Waals surface area (Å²) in [4.78, 5) is 11.5. The number of aromatic nitrogens is 5. The maximum Gasteiger partial charge on any atom is 0.204 e. The van der Waals surface area contributed by atoms with Gasteiger partial charge in [0.25, 0.3) is 0 Å². The van der Waals surface area contributed by atoms with E-state index in [4.69, 9.17) is 16.6 Å². The molecule has 3 atom stereocenters. The Morgan fingerprint density at radius 1 is 1.39 bits per heavy atom. The van der Waals surface area contributed by atoms with Crippen LogP contribution >= 0.6 is 11.6 Å². The van der Waals surface area contributed by atoms with E-state index in [1.807, 2.05) is 10.5 Å². The Balaban J connectivity index is 1.74. The third-order valence-corrected chi connectivity index (χ3v) is 5.27. The van der Waals surface area contributed by atoms with E-state index in [-0.39, 0.29) is 0 Å². The number of pyridine rings is 1. The Bertz CT molecular complexity index is 907. The summed E-state index contributed by atoms with van der Waals surface area (Å²) in [6.45, 7) is 4.24. The molecule has 3 aromatic heterocycles. The van der Waals surface area contributed by atoms with Gasteiger partial charge in [-0.05, 0) is 18.4 Å². The minimum atomic E-state index is 0.453. The SMILES string of the molecule is CC1CN(c2nc3ncc(Cl)cc3n3cnnc23)C2CNC1C2. The maximum atomic E-state index is 6.08. The summed E-state index contributed by atoms with van der Waals surface area (Å²) >= 11 is 6.08. The average molecular weight is 330 g/mol. The fraction of sp³-hybridized carbons (Fsp3) is 0.467. The molecule has 3 unspecified atom stereocenters. The first-order chi connectivity index (χ1) is 11.2. The first kappa shape index (κ1) is 13.4. The Labute approximate surface area is 137 Å². The largest absolute Gasteiger partial charge is 0.349 e. The van der Waals surface area contributed by atoms with Crippen molar-refractivity contribution in [2.45, 2.75) is 25.4 Å². The van der Waals surface area contributed by atoms with E-state index >= 15 is 0 Å². The van der Waals surface area contributed by atoms with Gasteiger partial charge in [0.05, 0.1) is 10.5 Å². The summed E-state index contributed by atoms with van der Waals surface area (Å²) in [6.07, 6.45) is 4.47. The second kappa shape index (κ2) is 4.75. The zero-order valence-corrected chi connectivity index (χ0v) is 13.4. The molecule has 2 aliphatic rings. The Morgan fingerprint density at radius 2 is 2.30 bits per heavy atom. The predicted octanol–water partition coefficient (Wildman–Crippen LogP) is 1.51. The lowest BCUT2D eigenvalue weighted by Gasteiger charge is -2.37. The lowest BCUT2D eigenvalue weighted by atomic mass is 9.93. The number of hydrogen-bond acceptors (Lipinski definition) is 6. The van der Waals surface area contributed by atoms with Crippen LogP contribution in [0.25, 0.3) is 16.8 Å². The smallest absolute Gasteiger partial charge is 0.204 e. The van der Waals surface area contributed by atoms with Crippen molar-refractivity contribution >= 4 is 34.2 Å². The second-order valence-corrected chi connectivity index (χ2v) is 6.93. The molecule has 2 fully saturated rings. The van der Waals surface area contributed by atoms with E-state index in [2.05, 4.69) is 32.3 Å². The van der Waals surface area contributed by atoms with Crippen molar-refractivity contribution < 1.29 is 0 Å². The summed E-state index contributed by atoms with van der Waals surface area (Å²) < 4.78 is 1.93. The Morgan fingerprint density at radius 3 is 3.22 bits per heavy atom. The molecule has 2 aliphatic heterocycles. The summed E-state index contributed by atoms with van der Waals surface area (Å²) in [5.74, 6) is 1.44. The molecule has 118 valence electrons. The molecule has 7 nitrogen and oxygen atoms in total.